The fourth-order valence-corrected chi connectivity index (χ4v) is 4.49. The molecule has 0 saturated carbocycles. The SMILES string of the molecule is O=C1[C@@H]2[C@H](C(=O)N1c1ccn(Cc3ccccc3Cl)n1)[C@H]1CC[C@H]2O1. The van der Waals surface area contributed by atoms with Gasteiger partial charge in [-0.3, -0.25) is 14.3 Å². The average Bonchev–Trinajstić information content (AvgIpc) is 3.35. The molecule has 3 saturated heterocycles. The molecule has 2 aromatic rings. The van der Waals surface area contributed by atoms with Crippen LogP contribution in [0.5, 0.6) is 0 Å². The second-order valence-corrected chi connectivity index (χ2v) is 7.22. The lowest BCUT2D eigenvalue weighted by Crippen LogP contribution is -2.34. The minimum absolute atomic E-state index is 0.110. The molecule has 0 N–H and O–H groups in total. The van der Waals surface area contributed by atoms with Gasteiger partial charge in [0.2, 0.25) is 11.8 Å². The number of carbonyl (C=O) groups is 2. The van der Waals surface area contributed by atoms with Crippen LogP contribution in [0, 0.1) is 11.8 Å². The third kappa shape index (κ3) is 2.17. The van der Waals surface area contributed by atoms with Crippen molar-refractivity contribution < 1.29 is 14.3 Å². The summed E-state index contributed by atoms with van der Waals surface area (Å²) in [5.74, 6) is -0.633. The number of ether oxygens (including phenoxy) is 1. The molecule has 128 valence electrons. The summed E-state index contributed by atoms with van der Waals surface area (Å²) in [6, 6.07) is 9.24. The number of aromatic nitrogens is 2. The Morgan fingerprint density at radius 3 is 2.44 bits per heavy atom. The van der Waals surface area contributed by atoms with Crippen LogP contribution < -0.4 is 4.90 Å². The van der Waals surface area contributed by atoms with Crippen molar-refractivity contribution in [2.24, 2.45) is 11.8 Å². The third-order valence-corrected chi connectivity index (χ3v) is 5.80. The van der Waals surface area contributed by atoms with Gasteiger partial charge in [-0.2, -0.15) is 5.10 Å². The van der Waals surface area contributed by atoms with Crippen LogP contribution >= 0.6 is 11.6 Å². The summed E-state index contributed by atoms with van der Waals surface area (Å²) in [6.07, 6.45) is 3.26. The van der Waals surface area contributed by atoms with Gasteiger partial charge in [0.1, 0.15) is 0 Å². The van der Waals surface area contributed by atoms with Crippen LogP contribution in [0.25, 0.3) is 0 Å². The molecule has 5 rings (SSSR count). The largest absolute Gasteiger partial charge is 0.373 e. The van der Waals surface area contributed by atoms with Crippen LogP contribution in [0.3, 0.4) is 0 Å². The van der Waals surface area contributed by atoms with Crippen molar-refractivity contribution in [3.63, 3.8) is 0 Å². The van der Waals surface area contributed by atoms with Crippen LogP contribution in [0.15, 0.2) is 36.5 Å². The van der Waals surface area contributed by atoms with E-state index < -0.39 is 0 Å². The minimum Gasteiger partial charge on any atom is -0.373 e. The monoisotopic (exact) mass is 357 g/mol. The van der Waals surface area contributed by atoms with E-state index in [9.17, 15) is 9.59 Å². The summed E-state index contributed by atoms with van der Waals surface area (Å²) < 4.78 is 7.44. The van der Waals surface area contributed by atoms with Crippen molar-refractivity contribution in [3.05, 3.63) is 47.1 Å². The van der Waals surface area contributed by atoms with Gasteiger partial charge in [0.15, 0.2) is 5.82 Å². The lowest BCUT2D eigenvalue weighted by molar-refractivity contribution is -0.124. The number of carbonyl (C=O) groups excluding carboxylic acids is 2. The Labute approximate surface area is 149 Å². The number of fused-ring (bicyclic) bond motifs is 5. The number of hydrogen-bond donors (Lipinski definition) is 0. The molecule has 0 radical (unpaired) electrons. The van der Waals surface area contributed by atoms with Gasteiger partial charge in [0.25, 0.3) is 0 Å². The predicted octanol–water partition coefficient (Wildman–Crippen LogP) is 2.25. The number of halogens is 1. The molecular formula is C18H16ClN3O3. The molecule has 2 bridgehead atoms. The van der Waals surface area contributed by atoms with Crippen molar-refractivity contribution in [2.75, 3.05) is 4.90 Å². The highest BCUT2D eigenvalue weighted by Crippen LogP contribution is 2.49. The smallest absolute Gasteiger partial charge is 0.241 e. The molecule has 7 heteroatoms. The van der Waals surface area contributed by atoms with Gasteiger partial charge in [0.05, 0.1) is 30.6 Å². The summed E-state index contributed by atoms with van der Waals surface area (Å²) in [5.41, 5.74) is 0.932. The lowest BCUT2D eigenvalue weighted by Gasteiger charge is -2.15. The van der Waals surface area contributed by atoms with Crippen LogP contribution in [-0.2, 0) is 20.9 Å². The second kappa shape index (κ2) is 5.41. The molecule has 0 aliphatic carbocycles. The fraction of sp³-hybridized carbons (Fsp3) is 0.389. The number of imide groups is 1. The molecule has 1 aromatic heterocycles. The Morgan fingerprint density at radius 1 is 1.08 bits per heavy atom. The van der Waals surface area contributed by atoms with Crippen molar-refractivity contribution in [1.29, 1.82) is 0 Å². The predicted molar refractivity (Wildman–Crippen MR) is 90.1 cm³/mol. The highest BCUT2D eigenvalue weighted by atomic mass is 35.5. The highest BCUT2D eigenvalue weighted by molar-refractivity contribution is 6.31. The minimum atomic E-state index is -0.333. The van der Waals surface area contributed by atoms with E-state index in [4.69, 9.17) is 16.3 Å². The quantitative estimate of drug-likeness (QED) is 0.790. The van der Waals surface area contributed by atoms with Gasteiger partial charge in [-0.25, -0.2) is 4.90 Å². The first-order valence-electron chi connectivity index (χ1n) is 8.43. The van der Waals surface area contributed by atoms with Gasteiger partial charge in [-0.1, -0.05) is 29.8 Å². The zero-order chi connectivity index (χ0) is 17.1. The topological polar surface area (TPSA) is 64.4 Å². The Bertz CT molecular complexity index is 852. The summed E-state index contributed by atoms with van der Waals surface area (Å²) in [6.45, 7) is 0.483. The van der Waals surface area contributed by atoms with E-state index >= 15 is 0 Å². The van der Waals surface area contributed by atoms with Crippen molar-refractivity contribution in [3.8, 4) is 0 Å². The van der Waals surface area contributed by atoms with Crippen LogP contribution in [0.2, 0.25) is 5.02 Å². The number of nitrogens with zero attached hydrogens (tertiary/aromatic N) is 3. The molecule has 1 aromatic carbocycles. The molecule has 25 heavy (non-hydrogen) atoms. The van der Waals surface area contributed by atoms with E-state index in [1.54, 1.807) is 16.9 Å². The first kappa shape index (κ1) is 15.1. The molecule has 6 nitrogen and oxygen atoms in total. The second-order valence-electron chi connectivity index (χ2n) is 6.82. The molecule has 4 atom stereocenters. The van der Waals surface area contributed by atoms with E-state index in [-0.39, 0.29) is 35.9 Å². The van der Waals surface area contributed by atoms with E-state index in [2.05, 4.69) is 5.10 Å². The Hall–Kier alpha value is -2.18. The van der Waals surface area contributed by atoms with Gasteiger partial charge in [-0.05, 0) is 24.5 Å². The van der Waals surface area contributed by atoms with Gasteiger partial charge < -0.3 is 4.74 Å². The van der Waals surface area contributed by atoms with E-state index in [0.717, 1.165) is 18.4 Å². The maximum absolute atomic E-state index is 12.8. The summed E-state index contributed by atoms with van der Waals surface area (Å²) in [4.78, 5) is 26.8. The first-order chi connectivity index (χ1) is 12.1. The summed E-state index contributed by atoms with van der Waals surface area (Å²) in [5, 5.41) is 5.09. The van der Waals surface area contributed by atoms with Crippen molar-refractivity contribution in [1.82, 2.24) is 9.78 Å². The number of anilines is 1. The van der Waals surface area contributed by atoms with Crippen LogP contribution in [-0.4, -0.2) is 33.8 Å². The van der Waals surface area contributed by atoms with E-state index in [0.29, 0.717) is 17.4 Å². The number of rotatable bonds is 3. The maximum atomic E-state index is 12.8. The standard InChI is InChI=1S/C18H16ClN3O3/c19-11-4-2-1-3-10(11)9-21-8-7-14(20-21)22-17(23)15-12-5-6-13(25-12)16(15)18(22)24/h1-4,7-8,12-13,15-16H,5-6,9H2/t12-,13-,15-,16+/m1/s1. The summed E-state index contributed by atoms with van der Waals surface area (Å²) >= 11 is 6.18. The lowest BCUT2D eigenvalue weighted by atomic mass is 9.81. The highest BCUT2D eigenvalue weighted by Gasteiger charge is 2.63. The zero-order valence-corrected chi connectivity index (χ0v) is 14.1. The average molecular weight is 358 g/mol. The molecule has 4 heterocycles. The number of benzene rings is 1. The Morgan fingerprint density at radius 2 is 1.76 bits per heavy atom. The molecule has 0 spiro atoms. The Balaban J connectivity index is 1.41. The van der Waals surface area contributed by atoms with Crippen molar-refractivity contribution >= 4 is 29.2 Å². The molecule has 0 unspecified atom stereocenters. The maximum Gasteiger partial charge on any atom is 0.241 e. The molecule has 3 fully saturated rings. The molecule has 3 aliphatic rings. The zero-order valence-electron chi connectivity index (χ0n) is 13.3. The Kier molecular flexibility index (Phi) is 3.27. The molecule has 3 aliphatic heterocycles. The molecular weight excluding hydrogens is 342 g/mol. The normalized spacial score (nSPS) is 30.4. The van der Waals surface area contributed by atoms with E-state index in [1.807, 2.05) is 24.3 Å². The fourth-order valence-electron chi connectivity index (χ4n) is 4.30. The van der Waals surface area contributed by atoms with Gasteiger partial charge in [0, 0.05) is 17.3 Å². The number of hydrogen-bond acceptors (Lipinski definition) is 4. The van der Waals surface area contributed by atoms with E-state index in [1.165, 1.54) is 4.90 Å². The van der Waals surface area contributed by atoms with Crippen molar-refractivity contribution in [2.45, 2.75) is 31.6 Å². The summed E-state index contributed by atoms with van der Waals surface area (Å²) in [7, 11) is 0. The van der Waals surface area contributed by atoms with Crippen LogP contribution in [0.1, 0.15) is 18.4 Å². The van der Waals surface area contributed by atoms with Crippen LogP contribution in [0.4, 0.5) is 5.82 Å². The first-order valence-corrected chi connectivity index (χ1v) is 8.81. The van der Waals surface area contributed by atoms with Gasteiger partial charge in [-0.15, -0.1) is 0 Å². The van der Waals surface area contributed by atoms with Gasteiger partial charge >= 0.3 is 0 Å². The number of amides is 2. The third-order valence-electron chi connectivity index (χ3n) is 5.43. The molecule has 2 amide bonds.